The molecule has 3 aromatic rings. The number of amides is 2. The van der Waals surface area contributed by atoms with Crippen molar-refractivity contribution in [1.82, 2.24) is 0 Å². The number of benzene rings is 3. The summed E-state index contributed by atoms with van der Waals surface area (Å²) in [6.07, 6.45) is 1.79. The molecule has 1 saturated heterocycles. The lowest BCUT2D eigenvalue weighted by atomic mass is 10.1. The van der Waals surface area contributed by atoms with Crippen LogP contribution in [0.2, 0.25) is 0 Å². The minimum absolute atomic E-state index is 0.242. The molecule has 1 fully saturated rings. The molecule has 1 aliphatic rings. The number of rotatable bonds is 4. The lowest BCUT2D eigenvalue weighted by molar-refractivity contribution is -0.113. The standard InChI is InChI=1S/C23H14BrFN2O2S2/c24-16-6-4-14(5-7-16)12-20-22(29)27(23(30)31-20)19-3-1-2-15(13-19)21(28)26-18-10-8-17(25)9-11-18/h1-13H,(H,26,28)/b20-12+. The van der Waals surface area contributed by atoms with Crippen LogP contribution in [0.25, 0.3) is 6.08 Å². The molecule has 8 heteroatoms. The van der Waals surface area contributed by atoms with Gasteiger partial charge in [0.25, 0.3) is 11.8 Å². The Kier molecular flexibility index (Phi) is 6.31. The van der Waals surface area contributed by atoms with E-state index in [1.54, 1.807) is 30.3 Å². The van der Waals surface area contributed by atoms with Crippen LogP contribution < -0.4 is 10.2 Å². The zero-order valence-electron chi connectivity index (χ0n) is 15.8. The van der Waals surface area contributed by atoms with Gasteiger partial charge in [0.1, 0.15) is 5.82 Å². The van der Waals surface area contributed by atoms with Gasteiger partial charge in [0.05, 0.1) is 10.6 Å². The average molecular weight is 513 g/mol. The van der Waals surface area contributed by atoms with Crippen LogP contribution in [0.5, 0.6) is 0 Å². The van der Waals surface area contributed by atoms with Crippen molar-refractivity contribution in [2.45, 2.75) is 0 Å². The molecule has 0 aliphatic carbocycles. The Balaban J connectivity index is 1.56. The van der Waals surface area contributed by atoms with Crippen LogP contribution in [-0.4, -0.2) is 16.1 Å². The van der Waals surface area contributed by atoms with E-state index >= 15 is 0 Å². The quantitative estimate of drug-likeness (QED) is 0.331. The maximum absolute atomic E-state index is 13.1. The molecule has 0 spiro atoms. The van der Waals surface area contributed by atoms with Crippen molar-refractivity contribution in [3.05, 3.63) is 99.1 Å². The van der Waals surface area contributed by atoms with Gasteiger partial charge in [-0.15, -0.1) is 0 Å². The number of anilines is 2. The molecule has 0 unspecified atom stereocenters. The first-order valence-corrected chi connectivity index (χ1v) is 11.1. The van der Waals surface area contributed by atoms with Gasteiger partial charge in [0.2, 0.25) is 0 Å². The summed E-state index contributed by atoms with van der Waals surface area (Å²) in [4.78, 5) is 27.5. The highest BCUT2D eigenvalue weighted by Crippen LogP contribution is 2.36. The van der Waals surface area contributed by atoms with Gasteiger partial charge in [-0.05, 0) is 66.2 Å². The molecule has 1 N–H and O–H groups in total. The van der Waals surface area contributed by atoms with Crippen LogP contribution in [0.3, 0.4) is 0 Å². The highest BCUT2D eigenvalue weighted by Gasteiger charge is 2.33. The van der Waals surface area contributed by atoms with Crippen molar-refractivity contribution in [2.75, 3.05) is 10.2 Å². The van der Waals surface area contributed by atoms with Crippen LogP contribution >= 0.6 is 39.9 Å². The Morgan fingerprint density at radius 2 is 1.77 bits per heavy atom. The summed E-state index contributed by atoms with van der Waals surface area (Å²) in [5.74, 6) is -0.996. The summed E-state index contributed by atoms with van der Waals surface area (Å²) in [5.41, 5.74) is 2.22. The third kappa shape index (κ3) is 4.92. The Labute approximate surface area is 196 Å². The molecule has 2 amide bonds. The summed E-state index contributed by atoms with van der Waals surface area (Å²) in [5, 5.41) is 2.71. The number of hydrogen-bond acceptors (Lipinski definition) is 4. The Bertz CT molecular complexity index is 1210. The molecule has 0 radical (unpaired) electrons. The fourth-order valence-electron chi connectivity index (χ4n) is 2.92. The van der Waals surface area contributed by atoms with Crippen molar-refractivity contribution in [2.24, 2.45) is 0 Å². The topological polar surface area (TPSA) is 49.4 Å². The Morgan fingerprint density at radius 3 is 2.48 bits per heavy atom. The van der Waals surface area contributed by atoms with Gasteiger partial charge in [-0.25, -0.2) is 4.39 Å². The summed E-state index contributed by atoms with van der Waals surface area (Å²) in [6, 6.07) is 19.7. The van der Waals surface area contributed by atoms with Gasteiger partial charge >= 0.3 is 0 Å². The molecule has 1 aliphatic heterocycles. The molecular weight excluding hydrogens is 499 g/mol. The predicted molar refractivity (Wildman–Crippen MR) is 131 cm³/mol. The third-order valence-electron chi connectivity index (χ3n) is 4.43. The van der Waals surface area contributed by atoms with Crippen LogP contribution in [0, 0.1) is 5.82 Å². The van der Waals surface area contributed by atoms with Crippen molar-refractivity contribution < 1.29 is 14.0 Å². The largest absolute Gasteiger partial charge is 0.322 e. The maximum atomic E-state index is 13.1. The summed E-state index contributed by atoms with van der Waals surface area (Å²) in [7, 11) is 0. The number of carbonyl (C=O) groups is 2. The number of nitrogens with zero attached hydrogens (tertiary/aromatic N) is 1. The highest BCUT2D eigenvalue weighted by atomic mass is 79.9. The molecule has 0 saturated carbocycles. The lowest BCUT2D eigenvalue weighted by Gasteiger charge is -2.15. The summed E-state index contributed by atoms with van der Waals surface area (Å²) >= 11 is 10.0. The number of carbonyl (C=O) groups excluding carboxylic acids is 2. The molecule has 3 aromatic carbocycles. The Hall–Kier alpha value is -2.81. The normalized spacial score (nSPS) is 14.9. The molecule has 0 aromatic heterocycles. The second-order valence-electron chi connectivity index (χ2n) is 6.58. The first-order valence-electron chi connectivity index (χ1n) is 9.11. The highest BCUT2D eigenvalue weighted by molar-refractivity contribution is 9.10. The Morgan fingerprint density at radius 1 is 1.06 bits per heavy atom. The van der Waals surface area contributed by atoms with Crippen molar-refractivity contribution >= 4 is 73.5 Å². The number of hydrogen-bond donors (Lipinski definition) is 1. The fraction of sp³-hybridized carbons (Fsp3) is 0. The lowest BCUT2D eigenvalue weighted by Crippen LogP contribution is -2.27. The van der Waals surface area contributed by atoms with E-state index in [4.69, 9.17) is 12.2 Å². The summed E-state index contributed by atoms with van der Waals surface area (Å²) < 4.78 is 14.4. The molecule has 0 atom stereocenters. The van der Waals surface area contributed by atoms with E-state index in [0.717, 1.165) is 10.0 Å². The van der Waals surface area contributed by atoms with Crippen LogP contribution in [-0.2, 0) is 4.79 Å². The number of thioether (sulfide) groups is 1. The molecular formula is C23H14BrFN2O2S2. The molecule has 4 nitrogen and oxygen atoms in total. The predicted octanol–water partition coefficient (Wildman–Crippen LogP) is 6.25. The minimum Gasteiger partial charge on any atom is -0.322 e. The van der Waals surface area contributed by atoms with E-state index in [-0.39, 0.29) is 17.6 Å². The fourth-order valence-corrected chi connectivity index (χ4v) is 4.49. The van der Waals surface area contributed by atoms with Crippen molar-refractivity contribution in [3.63, 3.8) is 0 Å². The van der Waals surface area contributed by atoms with E-state index in [1.807, 2.05) is 24.3 Å². The SMILES string of the molecule is O=C(Nc1ccc(F)cc1)c1cccc(N2C(=O)/C(=C\c3ccc(Br)cc3)SC2=S)c1. The maximum Gasteiger partial charge on any atom is 0.270 e. The number of nitrogens with one attached hydrogen (secondary N) is 1. The molecule has 1 heterocycles. The smallest absolute Gasteiger partial charge is 0.270 e. The van der Waals surface area contributed by atoms with Crippen LogP contribution in [0.1, 0.15) is 15.9 Å². The number of thiocarbonyl (C=S) groups is 1. The molecule has 4 rings (SSSR count). The second kappa shape index (κ2) is 9.13. The third-order valence-corrected chi connectivity index (χ3v) is 6.26. The van der Waals surface area contributed by atoms with Crippen molar-refractivity contribution in [3.8, 4) is 0 Å². The van der Waals surface area contributed by atoms with E-state index in [2.05, 4.69) is 21.2 Å². The molecule has 0 bridgehead atoms. The zero-order valence-corrected chi connectivity index (χ0v) is 19.1. The minimum atomic E-state index is -0.384. The van der Waals surface area contributed by atoms with Crippen LogP contribution in [0.4, 0.5) is 15.8 Å². The average Bonchev–Trinajstić information content (AvgIpc) is 3.04. The van der Waals surface area contributed by atoms with E-state index in [1.165, 1.54) is 40.9 Å². The van der Waals surface area contributed by atoms with Gasteiger partial charge in [0, 0.05) is 15.7 Å². The monoisotopic (exact) mass is 512 g/mol. The van der Waals surface area contributed by atoms with E-state index in [9.17, 15) is 14.0 Å². The molecule has 31 heavy (non-hydrogen) atoms. The summed E-state index contributed by atoms with van der Waals surface area (Å²) in [6.45, 7) is 0. The number of halogens is 2. The van der Waals surface area contributed by atoms with Crippen LogP contribution in [0.15, 0.2) is 82.2 Å². The van der Waals surface area contributed by atoms with Crippen molar-refractivity contribution in [1.29, 1.82) is 0 Å². The van der Waals surface area contributed by atoms with Gasteiger partial charge in [0.15, 0.2) is 4.32 Å². The first kappa shape index (κ1) is 21.4. The van der Waals surface area contributed by atoms with Gasteiger partial charge in [-0.1, -0.05) is 58.1 Å². The van der Waals surface area contributed by atoms with E-state index in [0.29, 0.717) is 26.2 Å². The first-order chi connectivity index (χ1) is 14.9. The van der Waals surface area contributed by atoms with E-state index < -0.39 is 0 Å². The van der Waals surface area contributed by atoms with Gasteiger partial charge < -0.3 is 5.32 Å². The second-order valence-corrected chi connectivity index (χ2v) is 9.17. The zero-order chi connectivity index (χ0) is 22.0. The van der Waals surface area contributed by atoms with Gasteiger partial charge in [-0.2, -0.15) is 0 Å². The van der Waals surface area contributed by atoms with Gasteiger partial charge in [-0.3, -0.25) is 14.5 Å². The molecule has 154 valence electrons.